The molecule has 1 aromatic heterocycles. The smallest absolute Gasteiger partial charge is 0.261 e. The highest BCUT2D eigenvalue weighted by atomic mass is 32.2. The number of benzene rings is 2. The molecular formula is C20H21N3O5S2. The summed E-state index contributed by atoms with van der Waals surface area (Å²) in [6.07, 6.45) is 0. The van der Waals surface area contributed by atoms with E-state index in [0.29, 0.717) is 59.6 Å². The van der Waals surface area contributed by atoms with Crippen LogP contribution >= 0.6 is 11.3 Å². The van der Waals surface area contributed by atoms with Crippen LogP contribution in [0.3, 0.4) is 0 Å². The van der Waals surface area contributed by atoms with Gasteiger partial charge in [0.2, 0.25) is 10.0 Å². The van der Waals surface area contributed by atoms with Gasteiger partial charge in [0, 0.05) is 13.1 Å². The Labute approximate surface area is 178 Å². The van der Waals surface area contributed by atoms with Crippen LogP contribution in [-0.4, -0.2) is 56.5 Å². The number of anilines is 1. The van der Waals surface area contributed by atoms with Crippen LogP contribution in [0.15, 0.2) is 47.4 Å². The van der Waals surface area contributed by atoms with Crippen molar-refractivity contribution in [3.63, 3.8) is 0 Å². The van der Waals surface area contributed by atoms with Crippen molar-refractivity contribution in [1.29, 1.82) is 0 Å². The fourth-order valence-electron chi connectivity index (χ4n) is 3.15. The third kappa shape index (κ3) is 4.17. The lowest BCUT2D eigenvalue weighted by molar-refractivity contribution is 0.0730. The molecule has 2 aromatic carbocycles. The molecule has 1 fully saturated rings. The number of hydrogen-bond acceptors (Lipinski definition) is 7. The lowest BCUT2D eigenvalue weighted by Gasteiger charge is -2.25. The number of aromatic nitrogens is 1. The minimum atomic E-state index is -3.59. The third-order valence-electron chi connectivity index (χ3n) is 4.62. The van der Waals surface area contributed by atoms with Crippen molar-refractivity contribution < 1.29 is 22.7 Å². The maximum absolute atomic E-state index is 12.9. The number of rotatable bonds is 6. The zero-order chi connectivity index (χ0) is 21.1. The van der Waals surface area contributed by atoms with Gasteiger partial charge in [-0.05, 0) is 37.3 Å². The van der Waals surface area contributed by atoms with Gasteiger partial charge in [0.15, 0.2) is 5.13 Å². The van der Waals surface area contributed by atoms with E-state index in [0.717, 1.165) is 0 Å². The van der Waals surface area contributed by atoms with Crippen LogP contribution < -0.4 is 10.1 Å². The summed E-state index contributed by atoms with van der Waals surface area (Å²) in [5, 5.41) is 3.17. The molecule has 158 valence electrons. The Morgan fingerprint density at radius 3 is 2.77 bits per heavy atom. The number of thiazole rings is 1. The molecule has 1 aliphatic heterocycles. The van der Waals surface area contributed by atoms with Crippen molar-refractivity contribution in [3.8, 4) is 5.75 Å². The lowest BCUT2D eigenvalue weighted by atomic mass is 10.2. The normalized spacial score (nSPS) is 15.2. The highest BCUT2D eigenvalue weighted by molar-refractivity contribution is 7.89. The summed E-state index contributed by atoms with van der Waals surface area (Å²) in [7, 11) is -3.59. The Kier molecular flexibility index (Phi) is 6.00. The Balaban J connectivity index is 1.58. The van der Waals surface area contributed by atoms with E-state index in [-0.39, 0.29) is 10.8 Å². The van der Waals surface area contributed by atoms with Crippen LogP contribution in [0, 0.1) is 0 Å². The average Bonchev–Trinajstić information content (AvgIpc) is 3.16. The van der Waals surface area contributed by atoms with Crippen LogP contribution in [0.2, 0.25) is 0 Å². The number of para-hydroxylation sites is 1. The molecule has 0 bridgehead atoms. The van der Waals surface area contributed by atoms with Crippen molar-refractivity contribution in [2.24, 2.45) is 0 Å². The minimum Gasteiger partial charge on any atom is -0.493 e. The maximum atomic E-state index is 12.9. The van der Waals surface area contributed by atoms with Gasteiger partial charge in [-0.2, -0.15) is 4.31 Å². The highest BCUT2D eigenvalue weighted by Crippen LogP contribution is 2.30. The average molecular weight is 448 g/mol. The maximum Gasteiger partial charge on any atom is 0.261 e. The number of sulfonamides is 1. The largest absolute Gasteiger partial charge is 0.493 e. The third-order valence-corrected chi connectivity index (χ3v) is 7.45. The van der Waals surface area contributed by atoms with Crippen LogP contribution in [-0.2, 0) is 14.8 Å². The first-order valence-corrected chi connectivity index (χ1v) is 11.8. The van der Waals surface area contributed by atoms with Gasteiger partial charge in [-0.3, -0.25) is 10.1 Å². The second-order valence-corrected chi connectivity index (χ2v) is 9.52. The zero-order valence-electron chi connectivity index (χ0n) is 16.3. The Hall–Kier alpha value is -2.53. The number of nitrogens with one attached hydrogen (secondary N) is 1. The number of ether oxygens (including phenoxy) is 2. The van der Waals surface area contributed by atoms with Crippen molar-refractivity contribution in [1.82, 2.24) is 9.29 Å². The van der Waals surface area contributed by atoms with Crippen molar-refractivity contribution in [3.05, 3.63) is 48.0 Å². The molecule has 0 aliphatic carbocycles. The number of hydrogen-bond donors (Lipinski definition) is 1. The quantitative estimate of drug-likeness (QED) is 0.624. The van der Waals surface area contributed by atoms with Crippen LogP contribution in [0.25, 0.3) is 10.2 Å². The fraction of sp³-hybridized carbons (Fsp3) is 0.300. The fourth-order valence-corrected chi connectivity index (χ4v) is 5.56. The molecule has 30 heavy (non-hydrogen) atoms. The van der Waals surface area contributed by atoms with E-state index in [1.54, 1.807) is 42.5 Å². The summed E-state index contributed by atoms with van der Waals surface area (Å²) in [4.78, 5) is 17.3. The first kappa shape index (κ1) is 20.7. The number of morpholine rings is 1. The standard InChI is InChI=1S/C20H21N3O5S2/c1-2-28-17-6-4-3-5-15(17)19(24)22-20-21-16-8-7-14(13-18(16)29-20)30(25,26)23-9-11-27-12-10-23/h3-8,13H,2,9-12H2,1H3,(H,21,22,24). The Morgan fingerprint density at radius 1 is 1.23 bits per heavy atom. The molecule has 0 radical (unpaired) electrons. The molecule has 8 nitrogen and oxygen atoms in total. The summed E-state index contributed by atoms with van der Waals surface area (Å²) in [5.74, 6) is 0.164. The molecule has 3 aromatic rings. The van der Waals surface area contributed by atoms with Gasteiger partial charge >= 0.3 is 0 Å². The number of amides is 1. The highest BCUT2D eigenvalue weighted by Gasteiger charge is 2.27. The van der Waals surface area contributed by atoms with Crippen LogP contribution in [0.5, 0.6) is 5.75 Å². The van der Waals surface area contributed by atoms with Gasteiger partial charge in [0.25, 0.3) is 5.91 Å². The molecule has 4 rings (SSSR count). The summed E-state index contributed by atoms with van der Waals surface area (Å²) in [6, 6.07) is 11.8. The number of nitrogens with zero attached hydrogens (tertiary/aromatic N) is 2. The van der Waals surface area contributed by atoms with E-state index in [4.69, 9.17) is 9.47 Å². The van der Waals surface area contributed by atoms with Gasteiger partial charge in [-0.15, -0.1) is 0 Å². The lowest BCUT2D eigenvalue weighted by Crippen LogP contribution is -2.40. The minimum absolute atomic E-state index is 0.208. The molecule has 0 unspecified atom stereocenters. The summed E-state index contributed by atoms with van der Waals surface area (Å²) in [6.45, 7) is 3.76. The summed E-state index contributed by atoms with van der Waals surface area (Å²) >= 11 is 1.22. The van der Waals surface area contributed by atoms with Gasteiger partial charge in [0.1, 0.15) is 5.75 Å². The predicted molar refractivity (Wildman–Crippen MR) is 115 cm³/mol. The second-order valence-electron chi connectivity index (χ2n) is 6.55. The predicted octanol–water partition coefficient (Wildman–Crippen LogP) is 2.97. The van der Waals surface area contributed by atoms with E-state index in [9.17, 15) is 13.2 Å². The molecule has 0 atom stereocenters. The molecular weight excluding hydrogens is 426 g/mol. The first-order chi connectivity index (χ1) is 14.5. The van der Waals surface area contributed by atoms with E-state index in [1.807, 2.05) is 6.92 Å². The Morgan fingerprint density at radius 2 is 2.00 bits per heavy atom. The van der Waals surface area contributed by atoms with Gasteiger partial charge in [-0.25, -0.2) is 13.4 Å². The summed E-state index contributed by atoms with van der Waals surface area (Å²) < 4.78 is 38.6. The van der Waals surface area contributed by atoms with E-state index < -0.39 is 10.0 Å². The molecule has 1 amide bonds. The molecule has 2 heterocycles. The number of fused-ring (bicyclic) bond motifs is 1. The topological polar surface area (TPSA) is 97.8 Å². The summed E-state index contributed by atoms with van der Waals surface area (Å²) in [5.41, 5.74) is 1.03. The molecule has 10 heteroatoms. The number of carbonyl (C=O) groups is 1. The molecule has 1 aliphatic rings. The first-order valence-electron chi connectivity index (χ1n) is 9.50. The molecule has 0 saturated carbocycles. The van der Waals surface area contributed by atoms with E-state index >= 15 is 0 Å². The van der Waals surface area contributed by atoms with Gasteiger partial charge in [0.05, 0.1) is 40.5 Å². The second kappa shape index (κ2) is 8.68. The van der Waals surface area contributed by atoms with Gasteiger partial charge < -0.3 is 9.47 Å². The van der Waals surface area contributed by atoms with Crippen molar-refractivity contribution in [2.75, 3.05) is 38.2 Å². The number of carbonyl (C=O) groups excluding carboxylic acids is 1. The van der Waals surface area contributed by atoms with E-state index in [2.05, 4.69) is 10.3 Å². The molecule has 1 saturated heterocycles. The van der Waals surface area contributed by atoms with Crippen molar-refractivity contribution in [2.45, 2.75) is 11.8 Å². The van der Waals surface area contributed by atoms with Crippen molar-refractivity contribution >= 4 is 42.6 Å². The zero-order valence-corrected chi connectivity index (χ0v) is 18.0. The Bertz CT molecular complexity index is 1170. The van der Waals surface area contributed by atoms with Crippen LogP contribution in [0.4, 0.5) is 5.13 Å². The van der Waals surface area contributed by atoms with Gasteiger partial charge in [-0.1, -0.05) is 23.5 Å². The van der Waals surface area contributed by atoms with Crippen LogP contribution in [0.1, 0.15) is 17.3 Å². The SMILES string of the molecule is CCOc1ccccc1C(=O)Nc1nc2ccc(S(=O)(=O)N3CCOCC3)cc2s1. The van der Waals surface area contributed by atoms with E-state index in [1.165, 1.54) is 15.6 Å². The monoisotopic (exact) mass is 447 g/mol. The molecule has 1 N–H and O–H groups in total. The molecule has 0 spiro atoms.